The molecule has 0 amide bonds. The first-order chi connectivity index (χ1) is 13.3. The molecule has 0 saturated heterocycles. The van der Waals surface area contributed by atoms with Crippen molar-refractivity contribution in [2.24, 2.45) is 0 Å². The van der Waals surface area contributed by atoms with Crippen molar-refractivity contribution in [2.45, 2.75) is 33.1 Å². The van der Waals surface area contributed by atoms with E-state index in [0.29, 0.717) is 15.6 Å². The van der Waals surface area contributed by atoms with Gasteiger partial charge in [0.05, 0.1) is 0 Å². The van der Waals surface area contributed by atoms with Crippen LogP contribution in [0.3, 0.4) is 0 Å². The predicted molar refractivity (Wildman–Crippen MR) is 120 cm³/mol. The lowest BCUT2D eigenvalue weighted by Crippen LogP contribution is -2.40. The topological polar surface area (TPSA) is 39.0 Å². The molecule has 0 saturated carbocycles. The van der Waals surface area contributed by atoms with Crippen molar-refractivity contribution in [3.8, 4) is 0 Å². The number of nitrogens with zero attached hydrogens (tertiary/aromatic N) is 1. The molecule has 144 valence electrons. The van der Waals surface area contributed by atoms with Crippen LogP contribution in [0.4, 0.5) is 5.69 Å². The van der Waals surface area contributed by atoms with Crippen molar-refractivity contribution in [3.05, 3.63) is 82.3 Å². The summed E-state index contributed by atoms with van der Waals surface area (Å²) in [6, 6.07) is 15.7. The molecule has 3 aromatic rings. The number of pyridine rings is 1. The summed E-state index contributed by atoms with van der Waals surface area (Å²) in [6.07, 6.45) is 3.82. The Kier molecular flexibility index (Phi) is 5.96. The van der Waals surface area contributed by atoms with E-state index in [2.05, 4.69) is 26.1 Å². The molecule has 0 atom stereocenters. The van der Waals surface area contributed by atoms with Gasteiger partial charge in [0, 0.05) is 22.7 Å². The zero-order valence-corrected chi connectivity index (χ0v) is 18.2. The van der Waals surface area contributed by atoms with Crippen LogP contribution in [0.5, 0.6) is 0 Å². The first-order valence-corrected chi connectivity index (χ1v) is 10.4. The number of para-hydroxylation sites is 1. The van der Waals surface area contributed by atoms with Crippen LogP contribution in [0.1, 0.15) is 36.8 Å². The number of aromatic nitrogens is 1. The van der Waals surface area contributed by atoms with E-state index in [0.717, 1.165) is 11.3 Å². The van der Waals surface area contributed by atoms with E-state index in [-0.39, 0.29) is 11.2 Å². The second-order valence-corrected chi connectivity index (χ2v) is 9.02. The van der Waals surface area contributed by atoms with Gasteiger partial charge in [0.1, 0.15) is 0 Å². The third kappa shape index (κ3) is 4.49. The van der Waals surface area contributed by atoms with Crippen LogP contribution in [0.2, 0.25) is 0 Å². The molecule has 1 aromatic carbocycles. The summed E-state index contributed by atoms with van der Waals surface area (Å²) < 4.78 is 1.81. The summed E-state index contributed by atoms with van der Waals surface area (Å²) in [5.74, 6) is -0.0883. The lowest BCUT2D eigenvalue weighted by molar-refractivity contribution is -0.577. The third-order valence-corrected chi connectivity index (χ3v) is 5.69. The highest BCUT2D eigenvalue weighted by molar-refractivity contribution is 7.81. The Morgan fingerprint density at radius 2 is 1.71 bits per heavy atom. The van der Waals surface area contributed by atoms with Gasteiger partial charge in [0.15, 0.2) is 17.4 Å². The van der Waals surface area contributed by atoms with Gasteiger partial charge in [-0.2, -0.15) is 4.57 Å². The van der Waals surface area contributed by atoms with Crippen molar-refractivity contribution < 1.29 is 9.67 Å². The summed E-state index contributed by atoms with van der Waals surface area (Å²) in [5.41, 5.74) is 3.65. The highest BCUT2D eigenvalue weighted by atomic mass is 32.1. The second-order valence-electron chi connectivity index (χ2n) is 7.67. The summed E-state index contributed by atoms with van der Waals surface area (Å²) in [4.78, 5) is 1.07. The van der Waals surface area contributed by atoms with Gasteiger partial charge in [-0.05, 0) is 46.7 Å². The summed E-state index contributed by atoms with van der Waals surface area (Å²) in [5, 5.41) is 18.4. The van der Waals surface area contributed by atoms with Crippen LogP contribution in [0.15, 0.2) is 66.3 Å². The predicted octanol–water partition coefficient (Wildman–Crippen LogP) is 4.77. The zero-order valence-electron chi connectivity index (χ0n) is 16.5. The Hall–Kier alpha value is -2.50. The van der Waals surface area contributed by atoms with Crippen molar-refractivity contribution in [1.82, 2.24) is 0 Å². The van der Waals surface area contributed by atoms with Crippen molar-refractivity contribution in [1.29, 1.82) is 0 Å². The normalized spacial score (nSPS) is 12.4. The van der Waals surface area contributed by atoms with E-state index in [1.54, 1.807) is 0 Å². The molecule has 28 heavy (non-hydrogen) atoms. The molecule has 1 N–H and O–H groups in total. The van der Waals surface area contributed by atoms with E-state index < -0.39 is 0 Å². The van der Waals surface area contributed by atoms with Gasteiger partial charge >= 0.3 is 0 Å². The number of nitrogens with one attached hydrogen (secondary N) is 1. The van der Waals surface area contributed by atoms with Gasteiger partial charge in [-0.25, -0.2) is 0 Å². The minimum Gasteiger partial charge on any atom is -0.867 e. The average Bonchev–Trinajstić information content (AvgIpc) is 3.18. The largest absolute Gasteiger partial charge is 0.867 e. The molecule has 3 nitrogen and oxygen atoms in total. The van der Waals surface area contributed by atoms with Gasteiger partial charge in [-0.15, -0.1) is 11.3 Å². The molecule has 0 bridgehead atoms. The van der Waals surface area contributed by atoms with E-state index in [1.165, 1.54) is 16.9 Å². The molecule has 0 aliphatic carbocycles. The molecular formula is C23H24N2OS2. The Morgan fingerprint density at radius 1 is 1.04 bits per heavy atom. The molecular weight excluding hydrogens is 384 g/mol. The molecule has 0 aliphatic rings. The van der Waals surface area contributed by atoms with Crippen molar-refractivity contribution >= 4 is 45.7 Å². The fraction of sp³-hybridized carbons (Fsp3) is 0.217. The standard InChI is InChI=1S/C23H24N2OS2/c1-16-8-5-6-9-18(16)24-22(27)20(21(26)19-10-7-15-28-19)25-13-11-17(12-14-25)23(2,3)4/h5-15H,1-4H3,(H-,24,26,27). The molecule has 3 rings (SSSR count). The molecule has 0 aliphatic heterocycles. The summed E-state index contributed by atoms with van der Waals surface area (Å²) >= 11 is 7.09. The third-order valence-electron chi connectivity index (χ3n) is 4.52. The maximum atomic E-state index is 13.2. The van der Waals surface area contributed by atoms with Crippen LogP contribution < -0.4 is 15.0 Å². The smallest absolute Gasteiger partial charge is 0.239 e. The van der Waals surface area contributed by atoms with Gasteiger partial charge in [-0.3, -0.25) is 0 Å². The molecule has 0 fully saturated rings. The molecule has 2 heterocycles. The fourth-order valence-electron chi connectivity index (χ4n) is 2.83. The molecule has 0 unspecified atom stereocenters. The number of thiocarbonyl (C=S) groups is 1. The van der Waals surface area contributed by atoms with Crippen LogP contribution in [-0.4, -0.2) is 4.99 Å². The molecule has 5 heteroatoms. The Labute approximate surface area is 176 Å². The van der Waals surface area contributed by atoms with Crippen LogP contribution in [-0.2, 0) is 5.41 Å². The number of hydrogen-bond donors (Lipinski definition) is 1. The first-order valence-electron chi connectivity index (χ1n) is 9.11. The second kappa shape index (κ2) is 8.25. The number of anilines is 1. The lowest BCUT2D eigenvalue weighted by Gasteiger charge is -2.19. The van der Waals surface area contributed by atoms with Gasteiger partial charge in [0.2, 0.25) is 5.70 Å². The van der Waals surface area contributed by atoms with Crippen molar-refractivity contribution in [2.75, 3.05) is 5.32 Å². The zero-order chi connectivity index (χ0) is 20.3. The van der Waals surface area contributed by atoms with Crippen LogP contribution >= 0.6 is 23.6 Å². The van der Waals surface area contributed by atoms with E-state index >= 15 is 0 Å². The molecule has 0 spiro atoms. The minimum atomic E-state index is -0.0883. The minimum absolute atomic E-state index is 0.0386. The first kappa shape index (κ1) is 20.2. The monoisotopic (exact) mass is 408 g/mol. The number of benzene rings is 1. The van der Waals surface area contributed by atoms with Gasteiger partial charge in [0.25, 0.3) is 0 Å². The number of aryl methyl sites for hydroxylation is 1. The fourth-order valence-corrected chi connectivity index (χ4v) is 3.80. The Bertz CT molecular complexity index is 998. The number of rotatable bonds is 4. The maximum Gasteiger partial charge on any atom is 0.239 e. The number of thiophene rings is 1. The Balaban J connectivity index is 2.05. The van der Waals surface area contributed by atoms with E-state index in [1.807, 2.05) is 77.8 Å². The van der Waals surface area contributed by atoms with Gasteiger partial charge in [-0.1, -0.05) is 57.3 Å². The average molecular weight is 409 g/mol. The van der Waals surface area contributed by atoms with Gasteiger partial charge < -0.3 is 10.4 Å². The van der Waals surface area contributed by atoms with Crippen LogP contribution in [0, 0.1) is 6.92 Å². The van der Waals surface area contributed by atoms with E-state index in [4.69, 9.17) is 12.2 Å². The number of hydrogen-bond acceptors (Lipinski definition) is 3. The highest BCUT2D eigenvalue weighted by Gasteiger charge is 2.21. The SMILES string of the molecule is Cc1ccccc1NC(=S)C(=C([O-])c1cccs1)[n+]1ccc(C(C)(C)C)cc1. The van der Waals surface area contributed by atoms with Crippen molar-refractivity contribution in [3.63, 3.8) is 0 Å². The lowest BCUT2D eigenvalue weighted by atomic mass is 9.88. The Morgan fingerprint density at radius 3 is 2.29 bits per heavy atom. The molecule has 0 radical (unpaired) electrons. The highest BCUT2D eigenvalue weighted by Crippen LogP contribution is 2.23. The summed E-state index contributed by atoms with van der Waals surface area (Å²) in [6.45, 7) is 8.51. The van der Waals surface area contributed by atoms with E-state index in [9.17, 15) is 5.11 Å². The quantitative estimate of drug-likeness (QED) is 0.293. The summed E-state index contributed by atoms with van der Waals surface area (Å²) in [7, 11) is 0. The molecule has 2 aromatic heterocycles. The van der Waals surface area contributed by atoms with Crippen LogP contribution in [0.25, 0.3) is 11.5 Å². The maximum absolute atomic E-state index is 13.2.